The van der Waals surface area contributed by atoms with Gasteiger partial charge in [0.25, 0.3) is 5.89 Å². The molecule has 1 aliphatic heterocycles. The Balaban J connectivity index is 1.35. The zero-order chi connectivity index (χ0) is 22.1. The molecule has 3 aromatic carbocycles. The molecule has 1 fully saturated rings. The summed E-state index contributed by atoms with van der Waals surface area (Å²) in [7, 11) is 0. The van der Waals surface area contributed by atoms with Gasteiger partial charge in [-0.2, -0.15) is 4.98 Å². The van der Waals surface area contributed by atoms with Gasteiger partial charge in [-0.05, 0) is 59.5 Å². The van der Waals surface area contributed by atoms with Crippen LogP contribution in [0.2, 0.25) is 0 Å². The minimum absolute atomic E-state index is 0.0633. The second kappa shape index (κ2) is 8.63. The number of fused-ring (bicyclic) bond motifs is 1. The van der Waals surface area contributed by atoms with Gasteiger partial charge in [0.2, 0.25) is 5.82 Å². The van der Waals surface area contributed by atoms with E-state index in [2.05, 4.69) is 38.2 Å². The molecule has 0 spiro atoms. The van der Waals surface area contributed by atoms with Crippen molar-refractivity contribution in [2.24, 2.45) is 11.5 Å². The van der Waals surface area contributed by atoms with Gasteiger partial charge in [0.15, 0.2) is 6.04 Å². The highest BCUT2D eigenvalue weighted by Gasteiger charge is 2.31. The maximum atomic E-state index is 5.97. The predicted molar refractivity (Wildman–Crippen MR) is 126 cm³/mol. The number of rotatable bonds is 5. The third-order valence-electron chi connectivity index (χ3n) is 5.68. The molecule has 1 aromatic heterocycles. The first kappa shape index (κ1) is 20.5. The summed E-state index contributed by atoms with van der Waals surface area (Å²) in [5, 5.41) is 6.34. The second-order valence-electron chi connectivity index (χ2n) is 7.87. The van der Waals surface area contributed by atoms with Crippen molar-refractivity contribution < 1.29 is 13.8 Å². The molecule has 32 heavy (non-hydrogen) atoms. The van der Waals surface area contributed by atoms with Gasteiger partial charge in [-0.15, -0.1) is 0 Å². The first-order valence-corrected chi connectivity index (χ1v) is 11.3. The van der Waals surface area contributed by atoms with Crippen molar-refractivity contribution in [2.45, 2.75) is 25.5 Å². The highest BCUT2D eigenvalue weighted by atomic mass is 79.9. The van der Waals surface area contributed by atoms with Gasteiger partial charge in [-0.1, -0.05) is 51.4 Å². The van der Waals surface area contributed by atoms with Crippen molar-refractivity contribution >= 4 is 32.7 Å². The third-order valence-corrected chi connectivity index (χ3v) is 6.17. The average molecular weight is 493 g/mol. The van der Waals surface area contributed by atoms with Gasteiger partial charge in [0.05, 0.1) is 6.54 Å². The summed E-state index contributed by atoms with van der Waals surface area (Å²) >= 11 is 3.49. The Bertz CT molecular complexity index is 1310. The van der Waals surface area contributed by atoms with Gasteiger partial charge in [-0.25, -0.2) is 0 Å². The molecule has 1 saturated heterocycles. The summed E-state index contributed by atoms with van der Waals surface area (Å²) < 4.78 is 14.5. The first-order chi connectivity index (χ1) is 15.6. The minimum Gasteiger partial charge on any atom is -0.489 e. The van der Waals surface area contributed by atoms with Crippen LogP contribution in [0.25, 0.3) is 22.2 Å². The predicted octanol–water partition coefficient (Wildman–Crippen LogP) is 4.35. The van der Waals surface area contributed by atoms with E-state index in [9.17, 15) is 0 Å². The van der Waals surface area contributed by atoms with Crippen molar-refractivity contribution in [2.75, 3.05) is 6.54 Å². The molecule has 0 saturated carbocycles. The van der Waals surface area contributed by atoms with Crippen LogP contribution in [0.4, 0.5) is 0 Å². The molecule has 1 atom stereocenters. The average Bonchev–Trinajstić information content (AvgIpc) is 3.47. The Morgan fingerprint density at radius 1 is 1.09 bits per heavy atom. The monoisotopic (exact) mass is 492 g/mol. The lowest BCUT2D eigenvalue weighted by Crippen LogP contribution is -2.35. The molecular formula is C24H23BrN5O2+. The first-order valence-electron chi connectivity index (χ1n) is 10.5. The van der Waals surface area contributed by atoms with E-state index in [0.29, 0.717) is 18.3 Å². The molecule has 0 unspecified atom stereocenters. The van der Waals surface area contributed by atoms with Gasteiger partial charge in [-0.3, -0.25) is 16.0 Å². The molecule has 2 heterocycles. The van der Waals surface area contributed by atoms with Gasteiger partial charge >= 0.3 is 5.96 Å². The fourth-order valence-corrected chi connectivity index (χ4v) is 4.51. The zero-order valence-corrected chi connectivity index (χ0v) is 19.0. The van der Waals surface area contributed by atoms with Crippen LogP contribution in [-0.4, -0.2) is 27.2 Å². The van der Waals surface area contributed by atoms with Crippen molar-refractivity contribution in [1.29, 1.82) is 0 Å². The van der Waals surface area contributed by atoms with Crippen molar-refractivity contribution in [3.8, 4) is 17.1 Å². The lowest BCUT2D eigenvalue weighted by Gasteiger charge is -2.08. The van der Waals surface area contributed by atoms with Crippen LogP contribution >= 0.6 is 15.9 Å². The Kier molecular flexibility index (Phi) is 5.53. The highest BCUT2D eigenvalue weighted by Crippen LogP contribution is 2.30. The van der Waals surface area contributed by atoms with Crippen LogP contribution in [0.3, 0.4) is 0 Å². The molecule has 1 aliphatic rings. The molecular weight excluding hydrogens is 470 g/mol. The Morgan fingerprint density at radius 3 is 2.78 bits per heavy atom. The van der Waals surface area contributed by atoms with E-state index in [1.165, 1.54) is 0 Å². The number of hydrogen-bond acceptors (Lipinski definition) is 4. The maximum Gasteiger partial charge on any atom is 0.341 e. The third kappa shape index (κ3) is 4.18. The minimum atomic E-state index is -0.0633. The SMILES string of the molecule is NC(N)=[N+]1CCC[C@H]1c1nc(-c2ccc3cc(OCc4cccc(Br)c4)ccc3c2)no1. The standard InChI is InChI=1S/C24H22BrN5O2/c25-19-4-1-3-15(11-19)14-31-20-9-8-16-12-18(7-6-17(16)13-20)22-28-23(32-29-22)21-5-2-10-30(21)24(26)27/h1,3-4,6-9,11-13,21H,2,5,10,14H2,(H3,26,27)/p+1/t21-/m0/s1. The fraction of sp³-hybridized carbons (Fsp3) is 0.208. The van der Waals surface area contributed by atoms with Crippen LogP contribution in [0.15, 0.2) is 69.7 Å². The number of nitrogens with zero attached hydrogens (tertiary/aromatic N) is 3. The largest absolute Gasteiger partial charge is 0.489 e. The molecule has 0 aliphatic carbocycles. The summed E-state index contributed by atoms with van der Waals surface area (Å²) in [6, 6.07) is 20.2. The Labute approximate surface area is 193 Å². The zero-order valence-electron chi connectivity index (χ0n) is 17.4. The second-order valence-corrected chi connectivity index (χ2v) is 8.79. The van der Waals surface area contributed by atoms with Crippen LogP contribution in [0.5, 0.6) is 5.75 Å². The summed E-state index contributed by atoms with van der Waals surface area (Å²) in [6.07, 6.45) is 1.88. The van der Waals surface area contributed by atoms with E-state index in [-0.39, 0.29) is 12.0 Å². The number of benzene rings is 3. The van der Waals surface area contributed by atoms with Crippen molar-refractivity contribution in [1.82, 2.24) is 10.1 Å². The molecule has 8 heteroatoms. The molecule has 0 radical (unpaired) electrons. The van der Waals surface area contributed by atoms with E-state index < -0.39 is 0 Å². The quantitative estimate of drug-likeness (QED) is 0.317. The van der Waals surface area contributed by atoms with Gasteiger partial charge in [0, 0.05) is 10.0 Å². The number of hydrogen-bond donors (Lipinski definition) is 2. The number of aromatic nitrogens is 2. The molecule has 4 aromatic rings. The molecule has 0 amide bonds. The molecule has 7 nitrogen and oxygen atoms in total. The normalized spacial score (nSPS) is 15.9. The lowest BCUT2D eigenvalue weighted by molar-refractivity contribution is -0.555. The van der Waals surface area contributed by atoms with Crippen LogP contribution < -0.4 is 16.2 Å². The van der Waals surface area contributed by atoms with E-state index in [0.717, 1.165) is 51.5 Å². The maximum absolute atomic E-state index is 5.97. The van der Waals surface area contributed by atoms with Crippen LogP contribution in [0.1, 0.15) is 30.3 Å². The van der Waals surface area contributed by atoms with Crippen LogP contribution in [-0.2, 0) is 6.61 Å². The Hall–Kier alpha value is -3.39. The summed E-state index contributed by atoms with van der Waals surface area (Å²) in [5.74, 6) is 2.21. The van der Waals surface area contributed by atoms with Crippen molar-refractivity contribution in [3.05, 3.63) is 76.6 Å². The van der Waals surface area contributed by atoms with Crippen molar-refractivity contribution in [3.63, 3.8) is 0 Å². The number of halogens is 1. The highest BCUT2D eigenvalue weighted by molar-refractivity contribution is 9.10. The summed E-state index contributed by atoms with van der Waals surface area (Å²) in [6.45, 7) is 1.31. The number of guanidine groups is 1. The van der Waals surface area contributed by atoms with E-state index in [4.69, 9.17) is 20.7 Å². The summed E-state index contributed by atoms with van der Waals surface area (Å²) in [4.78, 5) is 4.62. The fourth-order valence-electron chi connectivity index (χ4n) is 4.07. The smallest absolute Gasteiger partial charge is 0.341 e. The van der Waals surface area contributed by atoms with Gasteiger partial charge in [0.1, 0.15) is 12.4 Å². The topological polar surface area (TPSA) is 103 Å². The van der Waals surface area contributed by atoms with E-state index >= 15 is 0 Å². The molecule has 4 N–H and O–H groups in total. The number of nitrogens with two attached hydrogens (primary N) is 2. The van der Waals surface area contributed by atoms with Gasteiger partial charge < -0.3 is 9.26 Å². The Morgan fingerprint density at radius 2 is 1.94 bits per heavy atom. The molecule has 162 valence electrons. The number of ether oxygens (including phenoxy) is 1. The molecule has 0 bridgehead atoms. The van der Waals surface area contributed by atoms with E-state index in [1.807, 2.05) is 53.1 Å². The summed E-state index contributed by atoms with van der Waals surface area (Å²) in [5.41, 5.74) is 13.6. The van der Waals surface area contributed by atoms with E-state index in [1.54, 1.807) is 0 Å². The van der Waals surface area contributed by atoms with Crippen LogP contribution in [0, 0.1) is 0 Å². The lowest BCUT2D eigenvalue weighted by atomic mass is 10.1. The molecule has 5 rings (SSSR count).